The average Bonchev–Trinajstić information content (AvgIpc) is 2.83. The molecule has 2 heterocycles. The third-order valence-corrected chi connectivity index (χ3v) is 4.35. The van der Waals surface area contributed by atoms with Crippen molar-refractivity contribution in [2.24, 2.45) is 11.8 Å². The van der Waals surface area contributed by atoms with E-state index < -0.39 is 12.0 Å². The summed E-state index contributed by atoms with van der Waals surface area (Å²) in [7, 11) is 0. The second kappa shape index (κ2) is 6.46. The van der Waals surface area contributed by atoms with Crippen LogP contribution >= 0.6 is 0 Å². The number of carbonyl (C=O) groups excluding carboxylic acids is 1. The highest BCUT2D eigenvalue weighted by atomic mass is 16.4. The third kappa shape index (κ3) is 2.98. The van der Waals surface area contributed by atoms with E-state index >= 15 is 0 Å². The number of rotatable bonds is 5. The zero-order chi connectivity index (χ0) is 16.4. The van der Waals surface area contributed by atoms with E-state index in [-0.39, 0.29) is 30.8 Å². The smallest absolute Gasteiger partial charge is 0.328 e. The molecule has 2 rings (SSSR count). The van der Waals surface area contributed by atoms with E-state index in [1.807, 2.05) is 20.8 Å². The standard InChI is InChI=1S/C15H24N4O3/c1-5-6-11(9(2)3)14(20)19-8-13-17-16-10(4)18(13)7-12(19)15(21)22/h9,11-12H,5-8H2,1-4H3,(H,21,22). The molecule has 0 radical (unpaired) electrons. The number of aryl methyl sites for hydroxylation is 1. The summed E-state index contributed by atoms with van der Waals surface area (Å²) in [6, 6.07) is -0.854. The summed E-state index contributed by atoms with van der Waals surface area (Å²) in [6.07, 6.45) is 1.67. The van der Waals surface area contributed by atoms with Crippen LogP contribution in [0.3, 0.4) is 0 Å². The fourth-order valence-corrected chi connectivity index (χ4v) is 3.02. The Kier molecular flexibility index (Phi) is 4.83. The molecule has 1 aromatic rings. The molecular weight excluding hydrogens is 284 g/mol. The molecule has 0 aliphatic carbocycles. The average molecular weight is 308 g/mol. The molecule has 7 nitrogen and oxygen atoms in total. The van der Waals surface area contributed by atoms with E-state index in [2.05, 4.69) is 10.2 Å². The molecule has 2 unspecified atom stereocenters. The van der Waals surface area contributed by atoms with Gasteiger partial charge in [0.15, 0.2) is 5.82 Å². The highest BCUT2D eigenvalue weighted by Crippen LogP contribution is 2.25. The number of aromatic nitrogens is 3. The summed E-state index contributed by atoms with van der Waals surface area (Å²) in [4.78, 5) is 25.9. The Labute approximate surface area is 130 Å². The van der Waals surface area contributed by atoms with Crippen LogP contribution in [0, 0.1) is 18.8 Å². The highest BCUT2D eigenvalue weighted by molar-refractivity contribution is 5.85. The Bertz CT molecular complexity index is 567. The molecule has 0 saturated heterocycles. The van der Waals surface area contributed by atoms with Gasteiger partial charge in [0.05, 0.1) is 13.1 Å². The number of carboxylic acid groups (broad SMARTS) is 1. The predicted molar refractivity (Wildman–Crippen MR) is 80.0 cm³/mol. The molecule has 0 aromatic carbocycles. The molecule has 2 atom stereocenters. The van der Waals surface area contributed by atoms with Crippen molar-refractivity contribution < 1.29 is 14.7 Å². The van der Waals surface area contributed by atoms with Crippen LogP contribution in [0.4, 0.5) is 0 Å². The first kappa shape index (κ1) is 16.5. The van der Waals surface area contributed by atoms with Crippen LogP contribution < -0.4 is 0 Å². The van der Waals surface area contributed by atoms with E-state index in [4.69, 9.17) is 0 Å². The van der Waals surface area contributed by atoms with Crippen molar-refractivity contribution in [2.45, 2.75) is 59.7 Å². The number of hydrogen-bond donors (Lipinski definition) is 1. The highest BCUT2D eigenvalue weighted by Gasteiger charge is 2.39. The Morgan fingerprint density at radius 2 is 2.05 bits per heavy atom. The number of aliphatic carboxylic acids is 1. The lowest BCUT2D eigenvalue weighted by Crippen LogP contribution is -2.53. The molecule has 0 fully saturated rings. The summed E-state index contributed by atoms with van der Waals surface area (Å²) in [5, 5.41) is 17.6. The number of amides is 1. The Balaban J connectivity index is 2.31. The molecule has 7 heteroatoms. The lowest BCUT2D eigenvalue weighted by atomic mass is 9.89. The fraction of sp³-hybridized carbons (Fsp3) is 0.733. The van der Waals surface area contributed by atoms with Gasteiger partial charge in [0.2, 0.25) is 5.91 Å². The molecule has 1 N–H and O–H groups in total. The maximum atomic E-state index is 12.9. The van der Waals surface area contributed by atoms with Gasteiger partial charge >= 0.3 is 5.97 Å². The molecule has 1 aromatic heterocycles. The topological polar surface area (TPSA) is 88.3 Å². The zero-order valence-corrected chi connectivity index (χ0v) is 13.6. The van der Waals surface area contributed by atoms with Crippen LogP contribution in [0.2, 0.25) is 0 Å². The van der Waals surface area contributed by atoms with Gasteiger partial charge in [-0.05, 0) is 19.3 Å². The monoisotopic (exact) mass is 308 g/mol. The van der Waals surface area contributed by atoms with E-state index in [9.17, 15) is 14.7 Å². The first-order chi connectivity index (χ1) is 10.4. The minimum atomic E-state index is -0.980. The SMILES string of the molecule is CCCC(C(=O)N1Cc2nnc(C)n2CC1C(=O)O)C(C)C. The second-order valence-electron chi connectivity index (χ2n) is 6.23. The minimum Gasteiger partial charge on any atom is -0.480 e. The van der Waals surface area contributed by atoms with Crippen molar-refractivity contribution in [3.63, 3.8) is 0 Å². The predicted octanol–water partition coefficient (Wildman–Crippen LogP) is 1.45. The number of carbonyl (C=O) groups is 2. The molecule has 0 spiro atoms. The molecule has 1 aliphatic heterocycles. The first-order valence-electron chi connectivity index (χ1n) is 7.78. The maximum absolute atomic E-state index is 12.9. The van der Waals surface area contributed by atoms with Crippen molar-refractivity contribution in [2.75, 3.05) is 0 Å². The lowest BCUT2D eigenvalue weighted by Gasteiger charge is -2.36. The molecule has 1 aliphatic rings. The summed E-state index contributed by atoms with van der Waals surface area (Å²) in [5.74, 6) is 0.303. The van der Waals surface area contributed by atoms with Crippen LogP contribution in [0.15, 0.2) is 0 Å². The molecule has 1 amide bonds. The first-order valence-corrected chi connectivity index (χ1v) is 7.78. The van der Waals surface area contributed by atoms with E-state index in [0.717, 1.165) is 12.8 Å². The number of nitrogens with zero attached hydrogens (tertiary/aromatic N) is 4. The van der Waals surface area contributed by atoms with Gasteiger partial charge in [-0.3, -0.25) is 4.79 Å². The number of fused-ring (bicyclic) bond motifs is 1. The van der Waals surface area contributed by atoms with Crippen molar-refractivity contribution in [3.05, 3.63) is 11.6 Å². The molecule has 0 bridgehead atoms. The van der Waals surface area contributed by atoms with Crippen LogP contribution in [-0.2, 0) is 22.7 Å². The van der Waals surface area contributed by atoms with Gasteiger partial charge in [-0.25, -0.2) is 4.79 Å². The Hall–Kier alpha value is -1.92. The second-order valence-corrected chi connectivity index (χ2v) is 6.23. The van der Waals surface area contributed by atoms with Gasteiger partial charge in [0, 0.05) is 5.92 Å². The van der Waals surface area contributed by atoms with E-state index in [0.29, 0.717) is 11.6 Å². The van der Waals surface area contributed by atoms with Crippen molar-refractivity contribution in [1.82, 2.24) is 19.7 Å². The zero-order valence-electron chi connectivity index (χ0n) is 13.6. The van der Waals surface area contributed by atoms with Crippen LogP contribution in [0.25, 0.3) is 0 Å². The molecule has 22 heavy (non-hydrogen) atoms. The fourth-order valence-electron chi connectivity index (χ4n) is 3.02. The minimum absolute atomic E-state index is 0.0869. The largest absolute Gasteiger partial charge is 0.480 e. The van der Waals surface area contributed by atoms with E-state index in [1.165, 1.54) is 4.90 Å². The van der Waals surface area contributed by atoms with Crippen molar-refractivity contribution in [3.8, 4) is 0 Å². The van der Waals surface area contributed by atoms with Gasteiger partial charge in [-0.15, -0.1) is 10.2 Å². The Morgan fingerprint density at radius 1 is 1.36 bits per heavy atom. The third-order valence-electron chi connectivity index (χ3n) is 4.35. The summed E-state index contributed by atoms with van der Waals surface area (Å²) in [6.45, 7) is 8.26. The number of carboxylic acids is 1. The molecule has 0 saturated carbocycles. The summed E-state index contributed by atoms with van der Waals surface area (Å²) in [5.41, 5.74) is 0. The van der Waals surface area contributed by atoms with Gasteiger partial charge in [0.25, 0.3) is 0 Å². The van der Waals surface area contributed by atoms with Crippen molar-refractivity contribution >= 4 is 11.9 Å². The lowest BCUT2D eigenvalue weighted by molar-refractivity contribution is -0.155. The van der Waals surface area contributed by atoms with E-state index in [1.54, 1.807) is 11.5 Å². The quantitative estimate of drug-likeness (QED) is 0.889. The van der Waals surface area contributed by atoms with Crippen LogP contribution in [-0.4, -0.2) is 42.7 Å². The van der Waals surface area contributed by atoms with Crippen LogP contribution in [0.1, 0.15) is 45.3 Å². The Morgan fingerprint density at radius 3 is 2.59 bits per heavy atom. The normalized spacial score (nSPS) is 19.1. The molecule has 122 valence electrons. The summed E-state index contributed by atoms with van der Waals surface area (Å²) >= 11 is 0. The van der Waals surface area contributed by atoms with Gasteiger partial charge in [0.1, 0.15) is 11.9 Å². The van der Waals surface area contributed by atoms with Gasteiger partial charge in [-0.1, -0.05) is 27.2 Å². The summed E-state index contributed by atoms with van der Waals surface area (Å²) < 4.78 is 1.78. The number of hydrogen-bond acceptors (Lipinski definition) is 4. The van der Waals surface area contributed by atoms with Gasteiger partial charge < -0.3 is 14.6 Å². The van der Waals surface area contributed by atoms with Crippen molar-refractivity contribution in [1.29, 1.82) is 0 Å². The maximum Gasteiger partial charge on any atom is 0.328 e. The van der Waals surface area contributed by atoms with Crippen LogP contribution in [0.5, 0.6) is 0 Å². The molecular formula is C15H24N4O3. The van der Waals surface area contributed by atoms with Gasteiger partial charge in [-0.2, -0.15) is 0 Å².